The van der Waals surface area contributed by atoms with Crippen molar-refractivity contribution in [3.05, 3.63) is 46.8 Å². The van der Waals surface area contributed by atoms with Crippen molar-refractivity contribution in [2.75, 3.05) is 5.32 Å². The Morgan fingerprint density at radius 1 is 1.21 bits per heavy atom. The predicted molar refractivity (Wildman–Crippen MR) is 95.8 cm³/mol. The van der Waals surface area contributed by atoms with E-state index in [0.29, 0.717) is 10.9 Å². The van der Waals surface area contributed by atoms with Crippen LogP contribution in [0.3, 0.4) is 0 Å². The summed E-state index contributed by atoms with van der Waals surface area (Å²) in [4.78, 5) is 25.4. The van der Waals surface area contributed by atoms with Crippen LogP contribution in [0.25, 0.3) is 11.0 Å². The van der Waals surface area contributed by atoms with E-state index in [4.69, 9.17) is 4.42 Å². The highest BCUT2D eigenvalue weighted by Gasteiger charge is 2.17. The van der Waals surface area contributed by atoms with Crippen molar-refractivity contribution < 1.29 is 9.21 Å². The smallest absolute Gasteiger partial charge is 0.328 e. The third kappa shape index (κ3) is 2.87. The molecule has 0 saturated heterocycles. The molecule has 1 amide bonds. The Morgan fingerprint density at radius 3 is 2.46 bits per heavy atom. The number of nitrogens with zero attached hydrogens (tertiary/aromatic N) is 2. The molecule has 0 spiro atoms. The van der Waals surface area contributed by atoms with Crippen LogP contribution in [0, 0.1) is 0 Å². The molecule has 1 N–H and O–H groups in total. The summed E-state index contributed by atoms with van der Waals surface area (Å²) in [5.41, 5.74) is 2.18. The van der Waals surface area contributed by atoms with Crippen LogP contribution in [0.2, 0.25) is 0 Å². The fourth-order valence-electron chi connectivity index (χ4n) is 2.57. The lowest BCUT2D eigenvalue weighted by Crippen LogP contribution is -2.19. The van der Waals surface area contributed by atoms with E-state index in [1.54, 1.807) is 47.1 Å². The molecule has 7 heteroatoms. The summed E-state index contributed by atoms with van der Waals surface area (Å²) in [5.74, 6) is -0.0663. The summed E-state index contributed by atoms with van der Waals surface area (Å²) < 4.78 is 8.32. The number of amides is 1. The molecule has 0 aliphatic rings. The van der Waals surface area contributed by atoms with E-state index >= 15 is 0 Å². The molecule has 0 radical (unpaired) electrons. The van der Waals surface area contributed by atoms with Gasteiger partial charge >= 0.3 is 5.69 Å². The molecule has 6 nitrogen and oxygen atoms in total. The minimum atomic E-state index is -0.314. The number of fused-ring (bicyclic) bond motifs is 1. The predicted octanol–water partition coefficient (Wildman–Crippen LogP) is 3.22. The van der Waals surface area contributed by atoms with E-state index in [1.807, 2.05) is 12.1 Å². The number of aryl methyl sites for hydroxylation is 2. The van der Waals surface area contributed by atoms with Gasteiger partial charge in [0, 0.05) is 24.2 Å². The van der Waals surface area contributed by atoms with Crippen molar-refractivity contribution in [2.24, 2.45) is 14.1 Å². The van der Waals surface area contributed by atoms with Crippen LogP contribution in [0.4, 0.5) is 5.69 Å². The molecular weight excluding hydrogens is 326 g/mol. The van der Waals surface area contributed by atoms with Crippen LogP contribution in [0.1, 0.15) is 24.4 Å². The van der Waals surface area contributed by atoms with Crippen molar-refractivity contribution in [3.8, 4) is 0 Å². The molecule has 0 bridgehead atoms. The highest BCUT2D eigenvalue weighted by molar-refractivity contribution is 8.00. The Bertz CT molecular complexity index is 952. The molecule has 3 rings (SSSR count). The molecule has 0 aliphatic carbocycles. The van der Waals surface area contributed by atoms with Gasteiger partial charge in [-0.1, -0.05) is 13.8 Å². The maximum Gasteiger partial charge on any atom is 0.328 e. The minimum Gasteiger partial charge on any atom is -0.459 e. The summed E-state index contributed by atoms with van der Waals surface area (Å²) in [6.45, 7) is 4.16. The fraction of sp³-hybridized carbons (Fsp3) is 0.294. The number of rotatable bonds is 4. The molecule has 1 aromatic carbocycles. The Morgan fingerprint density at radius 2 is 1.88 bits per heavy atom. The summed E-state index contributed by atoms with van der Waals surface area (Å²) in [5, 5.41) is 3.22. The summed E-state index contributed by atoms with van der Waals surface area (Å²) in [6.07, 6.45) is 1.46. The van der Waals surface area contributed by atoms with Gasteiger partial charge in [0.05, 0.1) is 23.0 Å². The van der Waals surface area contributed by atoms with E-state index in [2.05, 4.69) is 19.2 Å². The summed E-state index contributed by atoms with van der Waals surface area (Å²) in [7, 11) is 3.47. The monoisotopic (exact) mass is 345 g/mol. The van der Waals surface area contributed by atoms with Crippen molar-refractivity contribution in [2.45, 2.75) is 24.0 Å². The molecule has 0 unspecified atom stereocenters. The standard InChI is InChI=1S/C17H19N3O3S/c1-10(2)24-15-9-13-12(19(3)17(22)20(13)4)8-11(15)18-16(21)14-6-5-7-23-14/h5-10H,1-4H3,(H,18,21). The number of nitrogens with one attached hydrogen (secondary N) is 1. The van der Waals surface area contributed by atoms with Gasteiger partial charge in [-0.2, -0.15) is 0 Å². The van der Waals surface area contributed by atoms with E-state index in [9.17, 15) is 9.59 Å². The molecule has 126 valence electrons. The zero-order valence-electron chi connectivity index (χ0n) is 14.0. The average Bonchev–Trinajstić information content (AvgIpc) is 3.13. The molecule has 3 aromatic rings. The lowest BCUT2D eigenvalue weighted by Gasteiger charge is -2.13. The first-order chi connectivity index (χ1) is 11.4. The minimum absolute atomic E-state index is 0.0972. The Balaban J connectivity index is 2.11. The first-order valence-electron chi connectivity index (χ1n) is 7.59. The van der Waals surface area contributed by atoms with Crippen LogP contribution < -0.4 is 11.0 Å². The van der Waals surface area contributed by atoms with Crippen molar-refractivity contribution >= 4 is 34.4 Å². The number of carbonyl (C=O) groups is 1. The van der Waals surface area contributed by atoms with Crippen LogP contribution in [-0.4, -0.2) is 20.3 Å². The van der Waals surface area contributed by atoms with Gasteiger partial charge in [0.25, 0.3) is 5.91 Å². The van der Waals surface area contributed by atoms with Gasteiger partial charge in [-0.25, -0.2) is 4.79 Å². The highest BCUT2D eigenvalue weighted by atomic mass is 32.2. The number of thioether (sulfide) groups is 1. The Hall–Kier alpha value is -2.41. The van der Waals surface area contributed by atoms with Crippen molar-refractivity contribution in [1.29, 1.82) is 0 Å². The van der Waals surface area contributed by atoms with E-state index in [-0.39, 0.29) is 17.4 Å². The van der Waals surface area contributed by atoms with Crippen LogP contribution in [0.15, 0.2) is 44.6 Å². The van der Waals surface area contributed by atoms with Crippen LogP contribution in [0.5, 0.6) is 0 Å². The van der Waals surface area contributed by atoms with Gasteiger partial charge in [0.2, 0.25) is 0 Å². The lowest BCUT2D eigenvalue weighted by atomic mass is 10.2. The maximum absolute atomic E-state index is 12.3. The van der Waals surface area contributed by atoms with Crippen LogP contribution in [-0.2, 0) is 14.1 Å². The topological polar surface area (TPSA) is 69.2 Å². The zero-order chi connectivity index (χ0) is 17.4. The highest BCUT2D eigenvalue weighted by Crippen LogP contribution is 2.34. The fourth-order valence-corrected chi connectivity index (χ4v) is 3.49. The SMILES string of the molecule is CC(C)Sc1cc2c(cc1NC(=O)c1ccco1)n(C)c(=O)n2C. The first kappa shape index (κ1) is 16.4. The molecule has 0 aliphatic heterocycles. The largest absolute Gasteiger partial charge is 0.459 e. The van der Waals surface area contributed by atoms with Gasteiger partial charge in [-0.15, -0.1) is 11.8 Å². The third-order valence-electron chi connectivity index (χ3n) is 3.73. The third-order valence-corrected chi connectivity index (χ3v) is 4.79. The molecule has 2 heterocycles. The number of carbonyl (C=O) groups excluding carboxylic acids is 1. The zero-order valence-corrected chi connectivity index (χ0v) is 14.8. The van der Waals surface area contributed by atoms with Crippen molar-refractivity contribution in [3.63, 3.8) is 0 Å². The number of hydrogen-bond donors (Lipinski definition) is 1. The van der Waals surface area contributed by atoms with Gasteiger partial charge in [0.15, 0.2) is 5.76 Å². The Kier molecular flexibility index (Phi) is 4.28. The van der Waals surface area contributed by atoms with E-state index in [0.717, 1.165) is 15.9 Å². The molecule has 2 aromatic heterocycles. The molecule has 0 saturated carbocycles. The van der Waals surface area contributed by atoms with Gasteiger partial charge in [-0.05, 0) is 24.3 Å². The van der Waals surface area contributed by atoms with Gasteiger partial charge in [-0.3, -0.25) is 13.9 Å². The maximum atomic E-state index is 12.3. The second-order valence-corrected chi connectivity index (χ2v) is 7.45. The number of imidazole rings is 1. The quantitative estimate of drug-likeness (QED) is 0.737. The van der Waals surface area contributed by atoms with E-state index < -0.39 is 0 Å². The van der Waals surface area contributed by atoms with E-state index in [1.165, 1.54) is 6.26 Å². The summed E-state index contributed by atoms with van der Waals surface area (Å²) in [6, 6.07) is 7.06. The first-order valence-corrected chi connectivity index (χ1v) is 8.47. The Labute approximate surface area is 143 Å². The molecule has 0 fully saturated rings. The van der Waals surface area contributed by atoms with Gasteiger partial charge < -0.3 is 9.73 Å². The number of benzene rings is 1. The second kappa shape index (κ2) is 6.24. The second-order valence-electron chi connectivity index (χ2n) is 5.84. The lowest BCUT2D eigenvalue weighted by molar-refractivity contribution is 0.0996. The number of furan rings is 1. The number of anilines is 1. The number of aromatic nitrogens is 2. The van der Waals surface area contributed by atoms with Crippen LogP contribution >= 0.6 is 11.8 Å². The van der Waals surface area contributed by atoms with Gasteiger partial charge in [0.1, 0.15) is 0 Å². The summed E-state index contributed by atoms with van der Waals surface area (Å²) >= 11 is 1.63. The number of hydrogen-bond acceptors (Lipinski definition) is 4. The normalized spacial score (nSPS) is 11.4. The average molecular weight is 345 g/mol. The molecule has 24 heavy (non-hydrogen) atoms. The molecule has 0 atom stereocenters. The molecular formula is C17H19N3O3S. The van der Waals surface area contributed by atoms with Crippen molar-refractivity contribution in [1.82, 2.24) is 9.13 Å².